The fourth-order valence-electron chi connectivity index (χ4n) is 3.55. The van der Waals surface area contributed by atoms with Crippen molar-refractivity contribution in [3.8, 4) is 11.5 Å². The summed E-state index contributed by atoms with van der Waals surface area (Å²) in [5.41, 5.74) is 4.46. The van der Waals surface area contributed by atoms with Crippen molar-refractivity contribution in [3.05, 3.63) is 88.3 Å². The third-order valence-electron chi connectivity index (χ3n) is 5.52. The Balaban J connectivity index is 1.39. The maximum absolute atomic E-state index is 13.1. The zero-order chi connectivity index (χ0) is 25.7. The number of amides is 2. The second-order valence-electron chi connectivity index (χ2n) is 8.15. The molecule has 36 heavy (non-hydrogen) atoms. The molecule has 0 atom stereocenters. The quantitative estimate of drug-likeness (QED) is 0.286. The summed E-state index contributed by atoms with van der Waals surface area (Å²) >= 11 is 6.76. The van der Waals surface area contributed by atoms with Crippen LogP contribution in [0.25, 0.3) is 6.08 Å². The molecule has 1 saturated heterocycles. The van der Waals surface area contributed by atoms with Gasteiger partial charge in [-0.25, -0.2) is 0 Å². The summed E-state index contributed by atoms with van der Waals surface area (Å²) in [6.45, 7) is 6.39. The minimum absolute atomic E-state index is 0.147. The van der Waals surface area contributed by atoms with Gasteiger partial charge in [-0.2, -0.15) is 0 Å². The van der Waals surface area contributed by atoms with Gasteiger partial charge in [0, 0.05) is 5.69 Å². The number of carbonyl (C=O) groups excluding carboxylic acids is 2. The van der Waals surface area contributed by atoms with Crippen LogP contribution in [0.4, 0.5) is 11.4 Å². The predicted molar refractivity (Wildman–Crippen MR) is 150 cm³/mol. The second-order valence-corrected chi connectivity index (χ2v) is 9.83. The minimum atomic E-state index is -0.279. The van der Waals surface area contributed by atoms with Crippen molar-refractivity contribution in [2.75, 3.05) is 23.4 Å². The van der Waals surface area contributed by atoms with Gasteiger partial charge in [-0.3, -0.25) is 14.5 Å². The molecule has 1 N–H and O–H groups in total. The van der Waals surface area contributed by atoms with Crippen molar-refractivity contribution in [2.45, 2.75) is 20.8 Å². The Kier molecular flexibility index (Phi) is 8.07. The highest BCUT2D eigenvalue weighted by molar-refractivity contribution is 8.27. The molecular weight excluding hydrogens is 492 g/mol. The van der Waals surface area contributed by atoms with E-state index >= 15 is 0 Å². The first kappa shape index (κ1) is 25.5. The van der Waals surface area contributed by atoms with E-state index in [1.54, 1.807) is 47.4 Å². The van der Waals surface area contributed by atoms with Crippen molar-refractivity contribution in [1.29, 1.82) is 0 Å². The Labute approximate surface area is 220 Å². The van der Waals surface area contributed by atoms with Gasteiger partial charge in [0.05, 0.1) is 17.2 Å². The van der Waals surface area contributed by atoms with Gasteiger partial charge >= 0.3 is 0 Å². The number of thiocarbonyl (C=S) groups is 1. The number of aryl methyl sites for hydroxylation is 2. The summed E-state index contributed by atoms with van der Waals surface area (Å²) in [5, 5.41) is 2.79. The Morgan fingerprint density at radius 3 is 2.50 bits per heavy atom. The molecule has 2 amide bonds. The number of rotatable bonds is 8. The zero-order valence-electron chi connectivity index (χ0n) is 20.2. The summed E-state index contributed by atoms with van der Waals surface area (Å²) in [4.78, 5) is 27.5. The van der Waals surface area contributed by atoms with E-state index in [0.717, 1.165) is 28.1 Å². The smallest absolute Gasteiger partial charge is 0.270 e. The predicted octanol–water partition coefficient (Wildman–Crippen LogP) is 6.13. The van der Waals surface area contributed by atoms with E-state index in [9.17, 15) is 9.59 Å². The van der Waals surface area contributed by atoms with Crippen LogP contribution in [0.3, 0.4) is 0 Å². The van der Waals surface area contributed by atoms with Crippen LogP contribution in [0.5, 0.6) is 11.5 Å². The monoisotopic (exact) mass is 518 g/mol. The molecule has 0 saturated carbocycles. The summed E-state index contributed by atoms with van der Waals surface area (Å²) in [7, 11) is 0. The highest BCUT2D eigenvalue weighted by Crippen LogP contribution is 2.36. The molecule has 0 spiro atoms. The van der Waals surface area contributed by atoms with Crippen LogP contribution < -0.4 is 19.7 Å². The number of ether oxygens (including phenoxy) is 2. The SMILES string of the molecule is CCOc1ccc(NC(=O)COc2cccc(/C=C3\SC(=S)N(c4ccc(C)c(C)c4)C3=O)c2)cc1. The van der Waals surface area contributed by atoms with Crippen molar-refractivity contribution in [2.24, 2.45) is 0 Å². The fourth-order valence-corrected chi connectivity index (χ4v) is 4.85. The Morgan fingerprint density at radius 2 is 1.78 bits per heavy atom. The van der Waals surface area contributed by atoms with Gasteiger partial charge in [0.15, 0.2) is 10.9 Å². The van der Waals surface area contributed by atoms with Gasteiger partial charge in [-0.05, 0) is 92.1 Å². The third kappa shape index (κ3) is 6.13. The lowest BCUT2D eigenvalue weighted by molar-refractivity contribution is -0.118. The number of carbonyl (C=O) groups is 2. The molecular formula is C28H26N2O4S2. The lowest BCUT2D eigenvalue weighted by Gasteiger charge is -2.15. The molecule has 1 aliphatic heterocycles. The van der Waals surface area contributed by atoms with Crippen molar-refractivity contribution >= 4 is 57.6 Å². The molecule has 6 nitrogen and oxygen atoms in total. The van der Waals surface area contributed by atoms with Crippen LogP contribution in [0.15, 0.2) is 71.6 Å². The van der Waals surface area contributed by atoms with Crippen molar-refractivity contribution in [3.63, 3.8) is 0 Å². The second kappa shape index (κ2) is 11.4. The highest BCUT2D eigenvalue weighted by atomic mass is 32.2. The lowest BCUT2D eigenvalue weighted by Crippen LogP contribution is -2.27. The summed E-state index contributed by atoms with van der Waals surface area (Å²) < 4.78 is 11.6. The number of nitrogens with zero attached hydrogens (tertiary/aromatic N) is 1. The molecule has 0 bridgehead atoms. The van der Waals surface area contributed by atoms with Gasteiger partial charge in [-0.15, -0.1) is 0 Å². The van der Waals surface area contributed by atoms with Crippen LogP contribution >= 0.6 is 24.0 Å². The third-order valence-corrected chi connectivity index (χ3v) is 6.82. The van der Waals surface area contributed by atoms with Crippen molar-refractivity contribution in [1.82, 2.24) is 0 Å². The summed E-state index contributed by atoms with van der Waals surface area (Å²) in [6.07, 6.45) is 1.78. The molecule has 4 rings (SSSR count). The molecule has 1 fully saturated rings. The fraction of sp³-hybridized carbons (Fsp3) is 0.179. The number of hydrogen-bond acceptors (Lipinski definition) is 6. The molecule has 8 heteroatoms. The van der Waals surface area contributed by atoms with Crippen LogP contribution in [0, 0.1) is 13.8 Å². The first-order valence-corrected chi connectivity index (χ1v) is 12.7. The summed E-state index contributed by atoms with van der Waals surface area (Å²) in [5.74, 6) is 0.831. The topological polar surface area (TPSA) is 67.9 Å². The standard InChI is InChI=1S/C28H26N2O4S2/c1-4-33-23-12-9-21(10-13-23)29-26(31)17-34-24-7-5-6-20(15-24)16-25-27(32)30(28(35)36-25)22-11-8-18(2)19(3)14-22/h5-16H,4,17H2,1-3H3,(H,29,31)/b25-16-. The highest BCUT2D eigenvalue weighted by Gasteiger charge is 2.33. The molecule has 1 heterocycles. The zero-order valence-corrected chi connectivity index (χ0v) is 21.9. The van der Waals surface area contributed by atoms with E-state index in [2.05, 4.69) is 5.32 Å². The first-order valence-electron chi connectivity index (χ1n) is 11.4. The maximum Gasteiger partial charge on any atom is 0.270 e. The number of nitrogens with one attached hydrogen (secondary N) is 1. The maximum atomic E-state index is 13.1. The first-order chi connectivity index (χ1) is 17.3. The van der Waals surface area contributed by atoms with Gasteiger partial charge in [0.25, 0.3) is 11.8 Å². The number of benzene rings is 3. The van der Waals surface area contributed by atoms with Crippen molar-refractivity contribution < 1.29 is 19.1 Å². The molecule has 0 unspecified atom stereocenters. The molecule has 0 radical (unpaired) electrons. The Hall–Kier alpha value is -3.62. The molecule has 3 aromatic carbocycles. The minimum Gasteiger partial charge on any atom is -0.494 e. The van der Waals surface area contributed by atoms with Gasteiger partial charge < -0.3 is 14.8 Å². The van der Waals surface area contributed by atoms with E-state index in [-0.39, 0.29) is 18.4 Å². The van der Waals surface area contributed by atoms with Crippen LogP contribution in [-0.4, -0.2) is 29.3 Å². The van der Waals surface area contributed by atoms with Crippen LogP contribution in [-0.2, 0) is 9.59 Å². The summed E-state index contributed by atoms with van der Waals surface area (Å²) in [6, 6.07) is 20.2. The molecule has 1 aliphatic rings. The molecule has 3 aromatic rings. The van der Waals surface area contributed by atoms with E-state index in [1.165, 1.54) is 11.8 Å². The molecule has 0 aliphatic carbocycles. The van der Waals surface area contributed by atoms with Gasteiger partial charge in [-0.1, -0.05) is 42.2 Å². The number of anilines is 2. The normalized spacial score (nSPS) is 14.3. The largest absolute Gasteiger partial charge is 0.494 e. The number of hydrogen-bond donors (Lipinski definition) is 1. The average Bonchev–Trinajstić information content (AvgIpc) is 3.13. The van der Waals surface area contributed by atoms with Crippen LogP contribution in [0.2, 0.25) is 0 Å². The van der Waals surface area contributed by atoms with E-state index in [4.69, 9.17) is 21.7 Å². The molecule has 184 valence electrons. The average molecular weight is 519 g/mol. The van der Waals surface area contributed by atoms with Gasteiger partial charge in [0.1, 0.15) is 11.5 Å². The van der Waals surface area contributed by atoms with E-state index < -0.39 is 0 Å². The molecule has 0 aromatic heterocycles. The Bertz CT molecular complexity index is 1340. The van der Waals surface area contributed by atoms with E-state index in [0.29, 0.717) is 27.3 Å². The van der Waals surface area contributed by atoms with Gasteiger partial charge in [0.2, 0.25) is 0 Å². The lowest BCUT2D eigenvalue weighted by atomic mass is 10.1. The van der Waals surface area contributed by atoms with E-state index in [1.807, 2.05) is 51.1 Å². The van der Waals surface area contributed by atoms with Crippen LogP contribution in [0.1, 0.15) is 23.6 Å². The Morgan fingerprint density at radius 1 is 1.00 bits per heavy atom. The number of thioether (sulfide) groups is 1.